The number of fused-ring (bicyclic) bond motifs is 3. The molecular formula is C27H29N2+. The number of nitrogens with zero attached hydrogens (tertiary/aromatic N) is 2. The zero-order valence-corrected chi connectivity index (χ0v) is 17.8. The van der Waals surface area contributed by atoms with Crippen molar-refractivity contribution >= 4 is 27.3 Å². The van der Waals surface area contributed by atoms with Gasteiger partial charge in [-0.1, -0.05) is 49.6 Å². The van der Waals surface area contributed by atoms with Crippen LogP contribution in [0.1, 0.15) is 67.3 Å². The highest BCUT2D eigenvalue weighted by Gasteiger charge is 2.63. The Hall–Kier alpha value is -2.35. The Kier molecular flexibility index (Phi) is 2.85. The molecular weight excluding hydrogens is 352 g/mol. The Balaban J connectivity index is 1.86. The molecule has 3 heterocycles. The molecule has 2 saturated carbocycles. The molecule has 2 unspecified atom stereocenters. The maximum Gasteiger partial charge on any atom is 0.295 e. The summed E-state index contributed by atoms with van der Waals surface area (Å²) in [5, 5.41) is 4.36. The smallest absolute Gasteiger partial charge is 0.232 e. The summed E-state index contributed by atoms with van der Waals surface area (Å²) in [6, 6.07) is 11.8. The third-order valence-corrected chi connectivity index (χ3v) is 9.06. The van der Waals surface area contributed by atoms with Gasteiger partial charge in [-0.05, 0) is 50.7 Å². The quantitative estimate of drug-likeness (QED) is 0.263. The van der Waals surface area contributed by atoms with Gasteiger partial charge < -0.3 is 0 Å². The predicted molar refractivity (Wildman–Crippen MR) is 119 cm³/mol. The Labute approximate surface area is 172 Å². The Bertz CT molecular complexity index is 1370. The highest BCUT2D eigenvalue weighted by atomic mass is 15.1. The van der Waals surface area contributed by atoms with Crippen molar-refractivity contribution in [3.63, 3.8) is 0 Å². The summed E-state index contributed by atoms with van der Waals surface area (Å²) in [7, 11) is 2.27. The molecule has 2 aromatic heterocycles. The summed E-state index contributed by atoms with van der Waals surface area (Å²) in [5.41, 5.74) is 9.68. The largest absolute Gasteiger partial charge is 0.295 e. The van der Waals surface area contributed by atoms with E-state index >= 15 is 0 Å². The lowest BCUT2D eigenvalue weighted by Gasteiger charge is -2.50. The van der Waals surface area contributed by atoms with E-state index in [1.807, 2.05) is 0 Å². The molecule has 29 heavy (non-hydrogen) atoms. The summed E-state index contributed by atoms with van der Waals surface area (Å²) >= 11 is 0. The van der Waals surface area contributed by atoms with Crippen molar-refractivity contribution in [3.05, 3.63) is 58.9 Å². The molecule has 1 aliphatic heterocycles. The van der Waals surface area contributed by atoms with Gasteiger partial charge in [-0.25, -0.2) is 4.57 Å². The van der Waals surface area contributed by atoms with Gasteiger partial charge in [0.2, 0.25) is 0 Å². The normalized spacial score (nSPS) is 27.8. The Morgan fingerprint density at radius 2 is 1.55 bits per heavy atom. The van der Waals surface area contributed by atoms with Crippen LogP contribution in [0.4, 0.5) is 0 Å². The zero-order valence-electron chi connectivity index (χ0n) is 17.8. The average molecular weight is 382 g/mol. The molecule has 2 aromatic carbocycles. The average Bonchev–Trinajstić information content (AvgIpc) is 3.28. The number of hydrogen-bond donors (Lipinski definition) is 0. The molecule has 0 bridgehead atoms. The lowest BCUT2D eigenvalue weighted by molar-refractivity contribution is -0.643. The zero-order chi connectivity index (χ0) is 19.5. The van der Waals surface area contributed by atoms with E-state index in [0.717, 1.165) is 0 Å². The van der Waals surface area contributed by atoms with Crippen LogP contribution in [0.15, 0.2) is 36.5 Å². The molecule has 0 spiro atoms. The molecule has 2 aliphatic carbocycles. The summed E-state index contributed by atoms with van der Waals surface area (Å²) in [4.78, 5) is 0. The fourth-order valence-corrected chi connectivity index (χ4v) is 8.03. The topological polar surface area (TPSA) is 8.29 Å². The van der Waals surface area contributed by atoms with Crippen molar-refractivity contribution in [1.82, 2.24) is 4.40 Å². The Morgan fingerprint density at radius 3 is 2.41 bits per heavy atom. The second kappa shape index (κ2) is 5.03. The first kappa shape index (κ1) is 16.4. The van der Waals surface area contributed by atoms with Crippen LogP contribution in [-0.4, -0.2) is 4.40 Å². The van der Waals surface area contributed by atoms with Crippen LogP contribution in [0.25, 0.3) is 27.3 Å². The van der Waals surface area contributed by atoms with Crippen LogP contribution in [-0.2, 0) is 17.9 Å². The van der Waals surface area contributed by atoms with Gasteiger partial charge in [0.05, 0.1) is 12.4 Å². The van der Waals surface area contributed by atoms with Crippen molar-refractivity contribution in [2.24, 2.45) is 7.05 Å². The molecule has 0 N–H and O–H groups in total. The molecule has 2 heteroatoms. The van der Waals surface area contributed by atoms with Gasteiger partial charge in [0.1, 0.15) is 11.7 Å². The number of pyridine rings is 1. The van der Waals surface area contributed by atoms with E-state index in [4.69, 9.17) is 0 Å². The summed E-state index contributed by atoms with van der Waals surface area (Å²) in [6.45, 7) is 4.59. The molecule has 2 fully saturated rings. The molecule has 3 aliphatic rings. The molecule has 4 aromatic rings. The lowest BCUT2D eigenvalue weighted by atomic mass is 9.52. The second-order valence-electron chi connectivity index (χ2n) is 10.2. The summed E-state index contributed by atoms with van der Waals surface area (Å²) in [6.07, 6.45) is 12.1. The minimum Gasteiger partial charge on any atom is -0.232 e. The predicted octanol–water partition coefficient (Wildman–Crippen LogP) is 5.93. The van der Waals surface area contributed by atoms with Crippen LogP contribution in [0.5, 0.6) is 0 Å². The monoisotopic (exact) mass is 381 g/mol. The van der Waals surface area contributed by atoms with E-state index in [2.05, 4.69) is 66.4 Å². The van der Waals surface area contributed by atoms with Crippen molar-refractivity contribution in [1.29, 1.82) is 0 Å². The number of aromatic nitrogens is 2. The fraction of sp³-hybridized carbons (Fsp3) is 0.444. The third kappa shape index (κ3) is 1.60. The standard InChI is InChI=1S/C27H29N2/c1-17-8-6-9-19-22-18(2)10-11-20-24(22)29-21(16-28(3)25(29)23(17)19)27-13-5-4-12-26(20,27)14-7-15-27/h6,8-11,16H,4-5,7,12-15H2,1-3H3/q+1. The van der Waals surface area contributed by atoms with E-state index in [1.165, 1.54) is 83.4 Å². The van der Waals surface area contributed by atoms with E-state index in [1.54, 1.807) is 11.3 Å². The number of rotatable bonds is 0. The first-order valence-corrected chi connectivity index (χ1v) is 11.5. The van der Waals surface area contributed by atoms with Crippen LogP contribution in [0, 0.1) is 13.8 Å². The molecule has 2 atom stereocenters. The van der Waals surface area contributed by atoms with Crippen LogP contribution in [0.3, 0.4) is 0 Å². The van der Waals surface area contributed by atoms with Crippen molar-refractivity contribution in [3.8, 4) is 0 Å². The first-order chi connectivity index (χ1) is 14.1. The van der Waals surface area contributed by atoms with Gasteiger partial charge in [0, 0.05) is 27.2 Å². The van der Waals surface area contributed by atoms with Gasteiger partial charge in [-0.3, -0.25) is 0 Å². The van der Waals surface area contributed by atoms with E-state index in [0.29, 0.717) is 10.8 Å². The molecule has 2 nitrogen and oxygen atoms in total. The van der Waals surface area contributed by atoms with Crippen molar-refractivity contribution in [2.75, 3.05) is 0 Å². The number of benzene rings is 2. The number of imidazole rings is 1. The first-order valence-electron chi connectivity index (χ1n) is 11.5. The highest BCUT2D eigenvalue weighted by Crippen LogP contribution is 2.65. The minimum atomic E-state index is 0.334. The number of hydrogen-bond acceptors (Lipinski definition) is 0. The van der Waals surface area contributed by atoms with Gasteiger partial charge >= 0.3 is 0 Å². The van der Waals surface area contributed by atoms with Crippen LogP contribution >= 0.6 is 0 Å². The maximum absolute atomic E-state index is 2.71. The SMILES string of the molecule is Cc1ccc2c3c1c1cccc(C)c1c1n3c(c[n+]1C)C13CCCCC21CCC3. The lowest BCUT2D eigenvalue weighted by Crippen LogP contribution is -2.50. The highest BCUT2D eigenvalue weighted by molar-refractivity contribution is 6.14. The number of aryl methyl sites for hydroxylation is 3. The van der Waals surface area contributed by atoms with E-state index in [-0.39, 0.29) is 0 Å². The molecule has 0 radical (unpaired) electrons. The van der Waals surface area contributed by atoms with Crippen LogP contribution < -0.4 is 4.57 Å². The maximum atomic E-state index is 2.71. The third-order valence-electron chi connectivity index (χ3n) is 9.06. The Morgan fingerprint density at radius 1 is 0.828 bits per heavy atom. The van der Waals surface area contributed by atoms with E-state index < -0.39 is 0 Å². The summed E-state index contributed by atoms with van der Waals surface area (Å²) in [5.74, 6) is 0. The molecule has 0 amide bonds. The molecule has 7 rings (SSSR count). The van der Waals surface area contributed by atoms with E-state index in [9.17, 15) is 0 Å². The minimum absolute atomic E-state index is 0.334. The molecule has 146 valence electrons. The second-order valence-corrected chi connectivity index (χ2v) is 10.2. The van der Waals surface area contributed by atoms with Gasteiger partial charge in [-0.15, -0.1) is 0 Å². The van der Waals surface area contributed by atoms with Crippen LogP contribution in [0.2, 0.25) is 0 Å². The van der Waals surface area contributed by atoms with Crippen molar-refractivity contribution < 1.29 is 4.57 Å². The fourth-order valence-electron chi connectivity index (χ4n) is 8.03. The van der Waals surface area contributed by atoms with Gasteiger partial charge in [0.25, 0.3) is 5.65 Å². The van der Waals surface area contributed by atoms with Gasteiger partial charge in [-0.2, -0.15) is 4.40 Å². The molecule has 0 saturated heterocycles. The van der Waals surface area contributed by atoms with Gasteiger partial charge in [0.15, 0.2) is 5.69 Å². The summed E-state index contributed by atoms with van der Waals surface area (Å²) < 4.78 is 5.15. The van der Waals surface area contributed by atoms with Crippen molar-refractivity contribution in [2.45, 2.75) is 69.6 Å².